The highest BCUT2D eigenvalue weighted by Crippen LogP contribution is 2.29. The van der Waals surface area contributed by atoms with Crippen LogP contribution in [0.3, 0.4) is 0 Å². The highest BCUT2D eigenvalue weighted by molar-refractivity contribution is 5.78. The third kappa shape index (κ3) is 4.64. The molecule has 3 heterocycles. The molecule has 8 nitrogen and oxygen atoms in total. The second kappa shape index (κ2) is 9.26. The van der Waals surface area contributed by atoms with E-state index < -0.39 is 6.10 Å². The fourth-order valence-corrected chi connectivity index (χ4v) is 4.85. The standard InChI is InChI=1S/C21H32N4O4/c26-18-6-3-5-17(18)25-20(27)8-7-19(23-25)24-11-2-1-4-16(24)14-22-21(28)15-9-12-29-13-10-15/h7-8,15-18,26H,1-6,9-14H2,(H,22,28). The van der Waals surface area contributed by atoms with Crippen molar-refractivity contribution in [3.63, 3.8) is 0 Å². The summed E-state index contributed by atoms with van der Waals surface area (Å²) in [4.78, 5) is 27.1. The lowest BCUT2D eigenvalue weighted by atomic mass is 9.98. The Bertz CT molecular complexity index is 761. The van der Waals surface area contributed by atoms with Crippen LogP contribution in [0.5, 0.6) is 0 Å². The van der Waals surface area contributed by atoms with Crippen molar-refractivity contribution in [2.45, 2.75) is 69.6 Å². The predicted molar refractivity (Wildman–Crippen MR) is 109 cm³/mol. The zero-order valence-corrected chi connectivity index (χ0v) is 17.0. The Balaban J connectivity index is 1.45. The van der Waals surface area contributed by atoms with Crippen LogP contribution in [0, 0.1) is 5.92 Å². The average Bonchev–Trinajstić information content (AvgIpc) is 3.19. The van der Waals surface area contributed by atoms with Crippen molar-refractivity contribution in [2.75, 3.05) is 31.2 Å². The van der Waals surface area contributed by atoms with E-state index in [9.17, 15) is 14.7 Å². The molecule has 0 bridgehead atoms. The molecule has 1 saturated carbocycles. The monoisotopic (exact) mass is 404 g/mol. The number of aliphatic hydroxyl groups excluding tert-OH is 1. The topological polar surface area (TPSA) is 96.7 Å². The maximum atomic E-state index is 12.5. The lowest BCUT2D eigenvalue weighted by Gasteiger charge is -2.37. The molecule has 29 heavy (non-hydrogen) atoms. The van der Waals surface area contributed by atoms with Gasteiger partial charge in [-0.3, -0.25) is 9.59 Å². The quantitative estimate of drug-likeness (QED) is 0.766. The highest BCUT2D eigenvalue weighted by Gasteiger charge is 2.30. The molecule has 3 unspecified atom stereocenters. The van der Waals surface area contributed by atoms with Gasteiger partial charge in [-0.15, -0.1) is 0 Å². The summed E-state index contributed by atoms with van der Waals surface area (Å²) in [5.74, 6) is 0.921. The SMILES string of the molecule is O=C(NCC1CCCCN1c1ccc(=O)n(C2CCCC2O)n1)C1CCOCC1. The van der Waals surface area contributed by atoms with Crippen LogP contribution in [-0.4, -0.2) is 59.2 Å². The second-order valence-corrected chi connectivity index (χ2v) is 8.51. The Hall–Kier alpha value is -1.93. The maximum absolute atomic E-state index is 12.5. The van der Waals surface area contributed by atoms with Gasteiger partial charge in [-0.1, -0.05) is 0 Å². The van der Waals surface area contributed by atoms with E-state index >= 15 is 0 Å². The molecule has 0 spiro atoms. The minimum Gasteiger partial charge on any atom is -0.391 e. The van der Waals surface area contributed by atoms with E-state index in [0.717, 1.165) is 57.3 Å². The molecule has 160 valence electrons. The molecule has 3 fully saturated rings. The number of anilines is 1. The molecule has 3 atom stereocenters. The number of aromatic nitrogens is 2. The molecule has 0 radical (unpaired) electrons. The van der Waals surface area contributed by atoms with E-state index in [1.807, 2.05) is 0 Å². The number of amides is 1. The van der Waals surface area contributed by atoms with Crippen LogP contribution in [0.2, 0.25) is 0 Å². The lowest BCUT2D eigenvalue weighted by Crippen LogP contribution is -2.49. The number of rotatable bonds is 5. The molecule has 2 aliphatic heterocycles. The van der Waals surface area contributed by atoms with Crippen molar-refractivity contribution in [3.05, 3.63) is 22.5 Å². The van der Waals surface area contributed by atoms with Gasteiger partial charge in [0, 0.05) is 44.3 Å². The first-order valence-corrected chi connectivity index (χ1v) is 11.0. The first kappa shape index (κ1) is 20.3. The van der Waals surface area contributed by atoms with Crippen molar-refractivity contribution < 1.29 is 14.6 Å². The number of carbonyl (C=O) groups excluding carboxylic acids is 1. The molecule has 2 saturated heterocycles. The molecule has 0 aromatic carbocycles. The molecular formula is C21H32N4O4. The van der Waals surface area contributed by atoms with E-state index in [0.29, 0.717) is 26.2 Å². The summed E-state index contributed by atoms with van der Waals surface area (Å²) < 4.78 is 6.82. The molecule has 2 N–H and O–H groups in total. The normalized spacial score (nSPS) is 28.4. The second-order valence-electron chi connectivity index (χ2n) is 8.51. The van der Waals surface area contributed by atoms with Gasteiger partial charge in [0.15, 0.2) is 0 Å². The van der Waals surface area contributed by atoms with Crippen molar-refractivity contribution in [1.82, 2.24) is 15.1 Å². The van der Waals surface area contributed by atoms with E-state index in [1.54, 1.807) is 12.1 Å². The van der Waals surface area contributed by atoms with Gasteiger partial charge in [-0.25, -0.2) is 4.68 Å². The third-order valence-electron chi connectivity index (χ3n) is 6.59. The van der Waals surface area contributed by atoms with Crippen LogP contribution >= 0.6 is 0 Å². The van der Waals surface area contributed by atoms with E-state index in [4.69, 9.17) is 4.74 Å². The lowest BCUT2D eigenvalue weighted by molar-refractivity contribution is -0.127. The van der Waals surface area contributed by atoms with Crippen LogP contribution in [0.1, 0.15) is 57.4 Å². The number of piperidine rings is 1. The van der Waals surface area contributed by atoms with Gasteiger partial charge in [0.1, 0.15) is 5.82 Å². The number of nitrogens with one attached hydrogen (secondary N) is 1. The Morgan fingerprint density at radius 2 is 1.97 bits per heavy atom. The molecule has 4 rings (SSSR count). The van der Waals surface area contributed by atoms with Gasteiger partial charge in [0.25, 0.3) is 5.56 Å². The van der Waals surface area contributed by atoms with Gasteiger partial charge >= 0.3 is 0 Å². The van der Waals surface area contributed by atoms with Crippen molar-refractivity contribution in [3.8, 4) is 0 Å². The summed E-state index contributed by atoms with van der Waals surface area (Å²) >= 11 is 0. The number of hydrogen-bond acceptors (Lipinski definition) is 6. The summed E-state index contributed by atoms with van der Waals surface area (Å²) in [6.07, 6.45) is 6.65. The average molecular weight is 405 g/mol. The third-order valence-corrected chi connectivity index (χ3v) is 6.59. The number of carbonyl (C=O) groups is 1. The van der Waals surface area contributed by atoms with Crippen molar-refractivity contribution >= 4 is 11.7 Å². The summed E-state index contributed by atoms with van der Waals surface area (Å²) in [7, 11) is 0. The zero-order valence-electron chi connectivity index (χ0n) is 17.0. The summed E-state index contributed by atoms with van der Waals surface area (Å²) in [6, 6.07) is 3.26. The summed E-state index contributed by atoms with van der Waals surface area (Å²) in [5.41, 5.74) is -0.166. The Morgan fingerprint density at radius 3 is 2.72 bits per heavy atom. The summed E-state index contributed by atoms with van der Waals surface area (Å²) in [5, 5.41) is 18.0. The van der Waals surface area contributed by atoms with Gasteiger partial charge in [-0.2, -0.15) is 5.10 Å². The Kier molecular flexibility index (Phi) is 6.50. The van der Waals surface area contributed by atoms with Crippen LogP contribution in [-0.2, 0) is 9.53 Å². The Morgan fingerprint density at radius 1 is 1.14 bits per heavy atom. The minimum absolute atomic E-state index is 0.0460. The number of hydrogen-bond donors (Lipinski definition) is 2. The van der Waals surface area contributed by atoms with E-state index in [1.165, 1.54) is 4.68 Å². The van der Waals surface area contributed by atoms with Crippen molar-refractivity contribution in [2.24, 2.45) is 5.92 Å². The van der Waals surface area contributed by atoms with Gasteiger partial charge in [0.05, 0.1) is 12.1 Å². The summed E-state index contributed by atoms with van der Waals surface area (Å²) in [6.45, 7) is 2.76. The largest absolute Gasteiger partial charge is 0.391 e. The van der Waals surface area contributed by atoms with Crippen LogP contribution < -0.4 is 15.8 Å². The number of ether oxygens (including phenoxy) is 1. The highest BCUT2D eigenvalue weighted by atomic mass is 16.5. The van der Waals surface area contributed by atoms with Gasteiger partial charge in [-0.05, 0) is 57.4 Å². The molecule has 8 heteroatoms. The van der Waals surface area contributed by atoms with Crippen LogP contribution in [0.4, 0.5) is 5.82 Å². The maximum Gasteiger partial charge on any atom is 0.267 e. The Labute approximate surface area is 171 Å². The minimum atomic E-state index is -0.508. The van der Waals surface area contributed by atoms with E-state index in [2.05, 4.69) is 15.3 Å². The van der Waals surface area contributed by atoms with Crippen LogP contribution in [0.25, 0.3) is 0 Å². The fourth-order valence-electron chi connectivity index (χ4n) is 4.85. The first-order valence-electron chi connectivity index (χ1n) is 11.0. The first-order chi connectivity index (χ1) is 14.1. The number of nitrogens with zero attached hydrogens (tertiary/aromatic N) is 3. The fraction of sp³-hybridized carbons (Fsp3) is 0.762. The smallest absolute Gasteiger partial charge is 0.267 e. The number of aliphatic hydroxyl groups is 1. The van der Waals surface area contributed by atoms with Crippen molar-refractivity contribution in [1.29, 1.82) is 0 Å². The molecule has 3 aliphatic rings. The molecule has 1 aromatic rings. The molecule has 1 aliphatic carbocycles. The zero-order chi connectivity index (χ0) is 20.2. The van der Waals surface area contributed by atoms with E-state index in [-0.39, 0.29) is 29.5 Å². The molecule has 1 aromatic heterocycles. The van der Waals surface area contributed by atoms with Crippen LogP contribution in [0.15, 0.2) is 16.9 Å². The molecule has 1 amide bonds. The predicted octanol–water partition coefficient (Wildman–Crippen LogP) is 1.23. The van der Waals surface area contributed by atoms with Gasteiger partial charge in [0.2, 0.25) is 5.91 Å². The van der Waals surface area contributed by atoms with Gasteiger partial charge < -0.3 is 20.1 Å². The molecular weight excluding hydrogens is 372 g/mol.